The van der Waals surface area contributed by atoms with Crippen LogP contribution in [0, 0.1) is 5.92 Å². The van der Waals surface area contributed by atoms with Gasteiger partial charge in [0.1, 0.15) is 0 Å². The summed E-state index contributed by atoms with van der Waals surface area (Å²) in [5.74, 6) is 0.840. The Balaban J connectivity index is 2.01. The van der Waals surface area contributed by atoms with Gasteiger partial charge >= 0.3 is 0 Å². The number of pyridine rings is 1. The highest BCUT2D eigenvalue weighted by Crippen LogP contribution is 2.39. The Morgan fingerprint density at radius 2 is 2.12 bits per heavy atom. The van der Waals surface area contributed by atoms with Gasteiger partial charge in [-0.3, -0.25) is 4.98 Å². The van der Waals surface area contributed by atoms with E-state index in [2.05, 4.69) is 36.2 Å². The van der Waals surface area contributed by atoms with Crippen LogP contribution in [0.3, 0.4) is 0 Å². The first-order valence-electron chi connectivity index (χ1n) is 6.28. The predicted octanol–water partition coefficient (Wildman–Crippen LogP) is 3.11. The third-order valence-electron chi connectivity index (χ3n) is 4.07. The summed E-state index contributed by atoms with van der Waals surface area (Å²) in [6.07, 6.45) is 3.70. The molecule has 1 aromatic carbocycles. The lowest BCUT2D eigenvalue weighted by atomic mass is 9.89. The van der Waals surface area contributed by atoms with Crippen molar-refractivity contribution < 1.29 is 5.11 Å². The molecule has 1 saturated carbocycles. The van der Waals surface area contributed by atoms with Gasteiger partial charge in [-0.25, -0.2) is 0 Å². The Morgan fingerprint density at radius 1 is 1.24 bits per heavy atom. The van der Waals surface area contributed by atoms with Crippen LogP contribution in [0.15, 0.2) is 36.5 Å². The lowest BCUT2D eigenvalue weighted by molar-refractivity contribution is 0.136. The Labute approximate surface area is 101 Å². The molecule has 0 saturated heterocycles. The van der Waals surface area contributed by atoms with Gasteiger partial charge in [-0.2, -0.15) is 0 Å². The summed E-state index contributed by atoms with van der Waals surface area (Å²) in [5.41, 5.74) is 2.37. The standard InChI is InChI=1S/C15H17NO/c1-10-13(6-7-15(10)17)12-5-4-11-3-2-8-16-14(11)9-12/h2-5,8-10,13,15,17H,6-7H2,1H3. The summed E-state index contributed by atoms with van der Waals surface area (Å²) in [6, 6.07) is 10.5. The minimum absolute atomic E-state index is 0.139. The highest BCUT2D eigenvalue weighted by molar-refractivity contribution is 5.79. The van der Waals surface area contributed by atoms with Gasteiger partial charge in [-0.05, 0) is 42.4 Å². The molecule has 1 aromatic heterocycles. The van der Waals surface area contributed by atoms with E-state index in [9.17, 15) is 5.11 Å². The van der Waals surface area contributed by atoms with Crippen molar-refractivity contribution in [1.29, 1.82) is 0 Å². The molecular formula is C15H17NO. The molecule has 1 heterocycles. The summed E-state index contributed by atoms with van der Waals surface area (Å²) in [4.78, 5) is 4.39. The number of fused-ring (bicyclic) bond motifs is 1. The second-order valence-corrected chi connectivity index (χ2v) is 5.07. The molecule has 2 aromatic rings. The zero-order valence-corrected chi connectivity index (χ0v) is 10.0. The lowest BCUT2D eigenvalue weighted by Gasteiger charge is -2.18. The fourth-order valence-corrected chi connectivity index (χ4v) is 2.93. The first-order valence-corrected chi connectivity index (χ1v) is 6.28. The second kappa shape index (κ2) is 4.11. The predicted molar refractivity (Wildman–Crippen MR) is 68.9 cm³/mol. The van der Waals surface area contributed by atoms with E-state index in [0.717, 1.165) is 18.4 Å². The summed E-state index contributed by atoms with van der Waals surface area (Å²) >= 11 is 0. The first kappa shape index (κ1) is 10.7. The van der Waals surface area contributed by atoms with Gasteiger partial charge < -0.3 is 5.11 Å². The van der Waals surface area contributed by atoms with Gasteiger partial charge in [-0.1, -0.05) is 25.1 Å². The van der Waals surface area contributed by atoms with Crippen molar-refractivity contribution in [3.63, 3.8) is 0 Å². The number of nitrogens with zero attached hydrogens (tertiary/aromatic N) is 1. The van der Waals surface area contributed by atoms with Gasteiger partial charge in [0.15, 0.2) is 0 Å². The van der Waals surface area contributed by atoms with E-state index in [4.69, 9.17) is 0 Å². The van der Waals surface area contributed by atoms with Crippen LogP contribution in [0.4, 0.5) is 0 Å². The molecule has 3 rings (SSSR count). The molecule has 0 bridgehead atoms. The molecule has 3 atom stereocenters. The van der Waals surface area contributed by atoms with E-state index < -0.39 is 0 Å². The zero-order valence-electron chi connectivity index (χ0n) is 10.0. The molecule has 0 radical (unpaired) electrons. The van der Waals surface area contributed by atoms with Gasteiger partial charge in [0.2, 0.25) is 0 Å². The molecule has 0 spiro atoms. The molecular weight excluding hydrogens is 210 g/mol. The number of aliphatic hydroxyl groups excluding tert-OH is 1. The number of aliphatic hydroxyl groups is 1. The molecule has 88 valence electrons. The summed E-state index contributed by atoms with van der Waals surface area (Å²) in [6.45, 7) is 2.14. The van der Waals surface area contributed by atoms with Crippen molar-refractivity contribution in [2.45, 2.75) is 31.8 Å². The van der Waals surface area contributed by atoms with Gasteiger partial charge in [0.25, 0.3) is 0 Å². The van der Waals surface area contributed by atoms with Crippen LogP contribution in [0.1, 0.15) is 31.2 Å². The largest absolute Gasteiger partial charge is 0.393 e. The van der Waals surface area contributed by atoms with Crippen LogP contribution in [-0.4, -0.2) is 16.2 Å². The third-order valence-corrected chi connectivity index (χ3v) is 4.07. The fourth-order valence-electron chi connectivity index (χ4n) is 2.93. The third kappa shape index (κ3) is 1.83. The van der Waals surface area contributed by atoms with Crippen molar-refractivity contribution in [1.82, 2.24) is 4.98 Å². The molecule has 1 fully saturated rings. The first-order chi connectivity index (χ1) is 8.25. The molecule has 1 N–H and O–H groups in total. The Hall–Kier alpha value is -1.41. The molecule has 1 aliphatic carbocycles. The van der Waals surface area contributed by atoms with Gasteiger partial charge in [-0.15, -0.1) is 0 Å². The minimum atomic E-state index is -0.139. The summed E-state index contributed by atoms with van der Waals surface area (Å²) in [7, 11) is 0. The number of benzene rings is 1. The maximum atomic E-state index is 9.83. The van der Waals surface area contributed by atoms with Gasteiger partial charge in [0, 0.05) is 11.6 Å². The van der Waals surface area contributed by atoms with E-state index in [1.54, 1.807) is 0 Å². The molecule has 2 heteroatoms. The maximum absolute atomic E-state index is 9.83. The molecule has 17 heavy (non-hydrogen) atoms. The zero-order chi connectivity index (χ0) is 11.8. The normalized spacial score (nSPS) is 28.7. The number of hydrogen-bond acceptors (Lipinski definition) is 2. The van der Waals surface area contributed by atoms with E-state index in [1.165, 1.54) is 10.9 Å². The van der Waals surface area contributed by atoms with E-state index in [1.807, 2.05) is 12.3 Å². The van der Waals surface area contributed by atoms with Crippen molar-refractivity contribution >= 4 is 10.9 Å². The van der Waals surface area contributed by atoms with Crippen molar-refractivity contribution in [2.75, 3.05) is 0 Å². The Kier molecular flexibility index (Phi) is 2.60. The second-order valence-electron chi connectivity index (χ2n) is 5.07. The van der Waals surface area contributed by atoms with Crippen LogP contribution in [0.2, 0.25) is 0 Å². The number of rotatable bonds is 1. The van der Waals surface area contributed by atoms with Crippen LogP contribution < -0.4 is 0 Å². The van der Waals surface area contributed by atoms with Crippen LogP contribution >= 0.6 is 0 Å². The topological polar surface area (TPSA) is 33.1 Å². The van der Waals surface area contributed by atoms with Gasteiger partial charge in [0.05, 0.1) is 11.6 Å². The smallest absolute Gasteiger partial charge is 0.0704 e. The molecule has 1 aliphatic rings. The van der Waals surface area contributed by atoms with E-state index in [0.29, 0.717) is 11.8 Å². The maximum Gasteiger partial charge on any atom is 0.0704 e. The lowest BCUT2D eigenvalue weighted by Crippen LogP contribution is -2.14. The van der Waals surface area contributed by atoms with Crippen molar-refractivity contribution in [2.24, 2.45) is 5.92 Å². The number of aromatic nitrogens is 1. The monoisotopic (exact) mass is 227 g/mol. The average Bonchev–Trinajstić information content (AvgIpc) is 2.70. The fraction of sp³-hybridized carbons (Fsp3) is 0.400. The highest BCUT2D eigenvalue weighted by atomic mass is 16.3. The molecule has 0 aliphatic heterocycles. The number of hydrogen-bond donors (Lipinski definition) is 1. The Morgan fingerprint density at radius 3 is 2.88 bits per heavy atom. The van der Waals surface area contributed by atoms with Crippen LogP contribution in [0.5, 0.6) is 0 Å². The Bertz CT molecular complexity index is 537. The van der Waals surface area contributed by atoms with E-state index >= 15 is 0 Å². The highest BCUT2D eigenvalue weighted by Gasteiger charge is 2.32. The van der Waals surface area contributed by atoms with E-state index in [-0.39, 0.29) is 6.10 Å². The molecule has 2 nitrogen and oxygen atoms in total. The van der Waals surface area contributed by atoms with Crippen LogP contribution in [0.25, 0.3) is 10.9 Å². The summed E-state index contributed by atoms with van der Waals surface area (Å²) < 4.78 is 0. The average molecular weight is 227 g/mol. The molecule has 0 amide bonds. The SMILES string of the molecule is CC1C(O)CCC1c1ccc2cccnc2c1. The summed E-state index contributed by atoms with van der Waals surface area (Å²) in [5, 5.41) is 11.0. The van der Waals surface area contributed by atoms with Crippen molar-refractivity contribution in [3.05, 3.63) is 42.1 Å². The minimum Gasteiger partial charge on any atom is -0.393 e. The van der Waals surface area contributed by atoms with Crippen molar-refractivity contribution in [3.8, 4) is 0 Å². The van der Waals surface area contributed by atoms with Crippen LogP contribution in [-0.2, 0) is 0 Å². The molecule has 3 unspecified atom stereocenters. The quantitative estimate of drug-likeness (QED) is 0.812.